The fraction of sp³-hybridized carbons (Fsp3) is 0.292. The number of para-hydroxylation sites is 1. The number of hydrogen-bond donors (Lipinski definition) is 0. The topological polar surface area (TPSA) is 68.2 Å². The molecule has 0 aromatic heterocycles. The first-order valence-electron chi connectivity index (χ1n) is 10.0. The molecule has 0 saturated carbocycles. The lowest BCUT2D eigenvalue weighted by Gasteiger charge is -2.34. The normalized spacial score (nSPS) is 22.8. The number of amides is 1. The number of hydrazone groups is 1. The van der Waals surface area contributed by atoms with Crippen LogP contribution in [0.4, 0.5) is 5.69 Å². The van der Waals surface area contributed by atoms with Crippen LogP contribution in [0.25, 0.3) is 0 Å². The Bertz CT molecular complexity index is 1010. The summed E-state index contributed by atoms with van der Waals surface area (Å²) in [6, 6.07) is 16.8. The van der Waals surface area contributed by atoms with Gasteiger partial charge < -0.3 is 9.47 Å². The van der Waals surface area contributed by atoms with Crippen LogP contribution < -0.4 is 9.75 Å². The molecule has 0 saturated heterocycles. The van der Waals surface area contributed by atoms with E-state index in [1.165, 1.54) is 5.01 Å². The van der Waals surface area contributed by atoms with Crippen LogP contribution in [0.2, 0.25) is 0 Å². The van der Waals surface area contributed by atoms with Crippen molar-refractivity contribution in [3.8, 4) is 5.75 Å². The molecule has 1 amide bonds. The van der Waals surface area contributed by atoms with Crippen molar-refractivity contribution in [1.82, 2.24) is 0 Å². The molecule has 3 atom stereocenters. The monoisotopic (exact) mass is 404 g/mol. The molecule has 0 N–H and O–H groups in total. The number of carbonyl (C=O) groups is 2. The number of carbonyl (C=O) groups excluding carboxylic acids is 2. The van der Waals surface area contributed by atoms with Crippen molar-refractivity contribution in [1.29, 1.82) is 0 Å². The second-order valence-corrected chi connectivity index (χ2v) is 7.41. The summed E-state index contributed by atoms with van der Waals surface area (Å²) in [5.74, 6) is -1.27. The number of ether oxygens (including phenoxy) is 2. The van der Waals surface area contributed by atoms with E-state index >= 15 is 0 Å². The molecule has 30 heavy (non-hydrogen) atoms. The maximum Gasteiger partial charge on any atom is 0.313 e. The van der Waals surface area contributed by atoms with Gasteiger partial charge in [0.05, 0.1) is 37.0 Å². The highest BCUT2D eigenvalue weighted by Crippen LogP contribution is 2.45. The number of allylic oxidation sites excluding steroid dienone is 1. The number of fused-ring (bicyclic) bond motifs is 1. The molecule has 0 radical (unpaired) electrons. The Morgan fingerprint density at radius 2 is 1.80 bits per heavy atom. The van der Waals surface area contributed by atoms with E-state index in [9.17, 15) is 9.59 Å². The van der Waals surface area contributed by atoms with Gasteiger partial charge in [-0.1, -0.05) is 35.9 Å². The Hall–Kier alpha value is -3.41. The molecule has 2 aromatic rings. The minimum atomic E-state index is -0.559. The number of anilines is 1. The van der Waals surface area contributed by atoms with Crippen LogP contribution in [0, 0.1) is 11.8 Å². The number of nitrogens with zero attached hydrogens (tertiary/aromatic N) is 2. The van der Waals surface area contributed by atoms with Crippen LogP contribution in [-0.2, 0) is 14.3 Å². The predicted octanol–water partition coefficient (Wildman–Crippen LogP) is 3.94. The lowest BCUT2D eigenvalue weighted by Crippen LogP contribution is -2.41. The Balaban J connectivity index is 1.80. The van der Waals surface area contributed by atoms with E-state index in [4.69, 9.17) is 9.47 Å². The van der Waals surface area contributed by atoms with Crippen molar-refractivity contribution in [3.63, 3.8) is 0 Å². The predicted molar refractivity (Wildman–Crippen MR) is 114 cm³/mol. The van der Waals surface area contributed by atoms with Gasteiger partial charge in [-0.15, -0.1) is 0 Å². The van der Waals surface area contributed by atoms with Gasteiger partial charge in [-0.3, -0.25) is 9.59 Å². The SMILES string of the molecule is CCOC(=O)C1C(C)=CC2=NN(c3ccccc3)C(=O)C2C1c1ccc(OC)cc1. The Morgan fingerprint density at radius 3 is 2.43 bits per heavy atom. The summed E-state index contributed by atoms with van der Waals surface area (Å²) in [7, 11) is 1.60. The fourth-order valence-corrected chi connectivity index (χ4v) is 4.27. The first kappa shape index (κ1) is 19.9. The molecule has 0 spiro atoms. The van der Waals surface area contributed by atoms with Gasteiger partial charge in [0, 0.05) is 5.92 Å². The summed E-state index contributed by atoms with van der Waals surface area (Å²) in [5, 5.41) is 6.05. The van der Waals surface area contributed by atoms with E-state index < -0.39 is 17.8 Å². The van der Waals surface area contributed by atoms with Crippen molar-refractivity contribution in [2.45, 2.75) is 19.8 Å². The maximum atomic E-state index is 13.5. The molecule has 1 heterocycles. The zero-order chi connectivity index (χ0) is 21.3. The lowest BCUT2D eigenvalue weighted by molar-refractivity contribution is -0.147. The summed E-state index contributed by atoms with van der Waals surface area (Å²) in [6.07, 6.45) is 1.85. The van der Waals surface area contributed by atoms with Gasteiger partial charge in [-0.25, -0.2) is 0 Å². The van der Waals surface area contributed by atoms with Crippen LogP contribution in [0.15, 0.2) is 71.3 Å². The molecule has 1 aliphatic heterocycles. The molecule has 6 heteroatoms. The van der Waals surface area contributed by atoms with Crippen LogP contribution in [0.5, 0.6) is 5.75 Å². The second kappa shape index (κ2) is 8.14. The van der Waals surface area contributed by atoms with Crippen molar-refractivity contribution in [2.75, 3.05) is 18.7 Å². The van der Waals surface area contributed by atoms with Crippen LogP contribution >= 0.6 is 0 Å². The Kier molecular flexibility index (Phi) is 5.40. The molecule has 1 aliphatic carbocycles. The van der Waals surface area contributed by atoms with Crippen LogP contribution in [0.1, 0.15) is 25.3 Å². The van der Waals surface area contributed by atoms with E-state index in [0.717, 1.165) is 11.1 Å². The Labute approximate surface area is 175 Å². The van der Waals surface area contributed by atoms with Crippen LogP contribution in [-0.4, -0.2) is 31.3 Å². The average molecular weight is 404 g/mol. The smallest absolute Gasteiger partial charge is 0.313 e. The number of benzene rings is 2. The molecule has 2 aliphatic rings. The highest BCUT2D eigenvalue weighted by molar-refractivity contribution is 6.21. The number of methoxy groups -OCH3 is 1. The largest absolute Gasteiger partial charge is 0.497 e. The summed E-state index contributed by atoms with van der Waals surface area (Å²) in [4.78, 5) is 26.4. The number of esters is 1. The molecule has 154 valence electrons. The van der Waals surface area contributed by atoms with Gasteiger partial charge in [0.2, 0.25) is 0 Å². The molecule has 4 rings (SSSR count). The van der Waals surface area contributed by atoms with E-state index in [1.54, 1.807) is 14.0 Å². The van der Waals surface area contributed by atoms with Gasteiger partial charge in [0.1, 0.15) is 5.75 Å². The van der Waals surface area contributed by atoms with E-state index in [2.05, 4.69) is 5.10 Å². The highest BCUT2D eigenvalue weighted by atomic mass is 16.5. The van der Waals surface area contributed by atoms with Crippen LogP contribution in [0.3, 0.4) is 0 Å². The van der Waals surface area contributed by atoms with Gasteiger partial charge in [-0.2, -0.15) is 10.1 Å². The highest BCUT2D eigenvalue weighted by Gasteiger charge is 2.50. The van der Waals surface area contributed by atoms with E-state index in [-0.39, 0.29) is 18.5 Å². The summed E-state index contributed by atoms with van der Waals surface area (Å²) in [6.45, 7) is 3.97. The third kappa shape index (κ3) is 3.38. The molecule has 6 nitrogen and oxygen atoms in total. The van der Waals surface area contributed by atoms with Crippen molar-refractivity contribution >= 4 is 23.3 Å². The van der Waals surface area contributed by atoms with Gasteiger partial charge >= 0.3 is 5.97 Å². The minimum Gasteiger partial charge on any atom is -0.497 e. The van der Waals surface area contributed by atoms with Crippen molar-refractivity contribution < 1.29 is 19.1 Å². The third-order valence-electron chi connectivity index (χ3n) is 5.64. The lowest BCUT2D eigenvalue weighted by atomic mass is 9.68. The number of hydrogen-bond acceptors (Lipinski definition) is 5. The molecule has 2 aromatic carbocycles. The number of rotatable bonds is 5. The first-order chi connectivity index (χ1) is 14.5. The van der Waals surface area contributed by atoms with E-state index in [0.29, 0.717) is 17.1 Å². The molecular formula is C24H24N2O4. The maximum absolute atomic E-state index is 13.5. The summed E-state index contributed by atoms with van der Waals surface area (Å²) >= 11 is 0. The van der Waals surface area contributed by atoms with Crippen molar-refractivity contribution in [2.24, 2.45) is 16.9 Å². The second-order valence-electron chi connectivity index (χ2n) is 7.41. The molecule has 0 bridgehead atoms. The van der Waals surface area contributed by atoms with E-state index in [1.807, 2.05) is 67.6 Å². The molecular weight excluding hydrogens is 380 g/mol. The third-order valence-corrected chi connectivity index (χ3v) is 5.64. The molecule has 3 unspecified atom stereocenters. The van der Waals surface area contributed by atoms with Gasteiger partial charge in [0.15, 0.2) is 0 Å². The van der Waals surface area contributed by atoms with Gasteiger partial charge in [0.25, 0.3) is 5.91 Å². The fourth-order valence-electron chi connectivity index (χ4n) is 4.27. The average Bonchev–Trinajstić information content (AvgIpc) is 3.09. The molecule has 0 fully saturated rings. The van der Waals surface area contributed by atoms with Crippen molar-refractivity contribution in [3.05, 3.63) is 71.8 Å². The first-order valence-corrected chi connectivity index (χ1v) is 10.0. The Morgan fingerprint density at radius 1 is 1.10 bits per heavy atom. The zero-order valence-electron chi connectivity index (χ0n) is 17.2. The summed E-state index contributed by atoms with van der Waals surface area (Å²) in [5.41, 5.74) is 3.09. The quantitative estimate of drug-likeness (QED) is 0.708. The summed E-state index contributed by atoms with van der Waals surface area (Å²) < 4.78 is 10.6. The van der Waals surface area contributed by atoms with Gasteiger partial charge in [-0.05, 0) is 49.8 Å². The standard InChI is InChI=1S/C24H24N2O4/c1-4-30-24(28)20-15(2)14-19-22(21(20)16-10-12-18(29-3)13-11-16)23(27)26(25-19)17-8-6-5-7-9-17/h5-14,20-22H,4H2,1-3H3. The zero-order valence-corrected chi connectivity index (χ0v) is 17.2. The minimum absolute atomic E-state index is 0.143.